The lowest BCUT2D eigenvalue weighted by atomic mass is 9.88. The third kappa shape index (κ3) is 2.75. The van der Waals surface area contributed by atoms with Crippen LogP contribution in [-0.2, 0) is 6.42 Å². The maximum absolute atomic E-state index is 13.5. The van der Waals surface area contributed by atoms with Gasteiger partial charge in [-0.2, -0.15) is 0 Å². The molecular weight excluding hydrogens is 249 g/mol. The van der Waals surface area contributed by atoms with Crippen molar-refractivity contribution in [2.24, 2.45) is 0 Å². The van der Waals surface area contributed by atoms with Crippen LogP contribution in [0.25, 0.3) is 0 Å². The summed E-state index contributed by atoms with van der Waals surface area (Å²) in [4.78, 5) is 0. The lowest BCUT2D eigenvalue weighted by molar-refractivity contribution is 0.618. The summed E-state index contributed by atoms with van der Waals surface area (Å²) in [7, 11) is 1.96. The Balaban J connectivity index is 2.59. The van der Waals surface area contributed by atoms with Crippen molar-refractivity contribution >= 4 is 0 Å². The highest BCUT2D eigenvalue weighted by Gasteiger charge is 2.19. The van der Waals surface area contributed by atoms with Crippen LogP contribution in [0.2, 0.25) is 0 Å². The second kappa shape index (κ2) is 6.19. The fourth-order valence-electron chi connectivity index (χ4n) is 2.97. The van der Waals surface area contributed by atoms with Crippen LogP contribution in [0.4, 0.5) is 4.39 Å². The Morgan fingerprint density at radius 1 is 1.10 bits per heavy atom. The summed E-state index contributed by atoms with van der Waals surface area (Å²) in [5, 5.41) is 3.39. The van der Waals surface area contributed by atoms with Gasteiger partial charge in [0.2, 0.25) is 0 Å². The number of nitrogens with one attached hydrogen (secondary N) is 1. The van der Waals surface area contributed by atoms with Crippen molar-refractivity contribution in [3.05, 3.63) is 70.0 Å². The topological polar surface area (TPSA) is 12.0 Å². The molecule has 2 rings (SSSR count). The van der Waals surface area contributed by atoms with E-state index in [0.29, 0.717) is 0 Å². The summed E-state index contributed by atoms with van der Waals surface area (Å²) in [6.07, 6.45) is 0.994. The van der Waals surface area contributed by atoms with Gasteiger partial charge in [-0.3, -0.25) is 0 Å². The largest absolute Gasteiger partial charge is 0.309 e. The predicted molar refractivity (Wildman–Crippen MR) is 82.6 cm³/mol. The number of aryl methyl sites for hydroxylation is 3. The van der Waals surface area contributed by atoms with Gasteiger partial charge in [0.1, 0.15) is 5.82 Å². The molecule has 2 aromatic carbocycles. The Morgan fingerprint density at radius 3 is 2.25 bits per heavy atom. The summed E-state index contributed by atoms with van der Waals surface area (Å²) < 4.78 is 13.5. The lowest BCUT2D eigenvalue weighted by Crippen LogP contribution is -2.21. The first-order valence-corrected chi connectivity index (χ1v) is 7.10. The van der Waals surface area contributed by atoms with E-state index in [1.165, 1.54) is 16.7 Å². The van der Waals surface area contributed by atoms with Crippen molar-refractivity contribution in [1.29, 1.82) is 0 Å². The van der Waals surface area contributed by atoms with Crippen LogP contribution in [0.15, 0.2) is 36.4 Å². The number of hydrogen-bond acceptors (Lipinski definition) is 1. The van der Waals surface area contributed by atoms with Gasteiger partial charge in [-0.05, 0) is 67.3 Å². The molecule has 0 radical (unpaired) electrons. The molecule has 20 heavy (non-hydrogen) atoms. The number of benzene rings is 2. The van der Waals surface area contributed by atoms with Crippen molar-refractivity contribution in [3.8, 4) is 0 Å². The average Bonchev–Trinajstić information content (AvgIpc) is 2.42. The van der Waals surface area contributed by atoms with E-state index in [0.717, 1.165) is 17.5 Å². The van der Waals surface area contributed by atoms with E-state index in [4.69, 9.17) is 0 Å². The van der Waals surface area contributed by atoms with Crippen LogP contribution in [0.1, 0.15) is 40.8 Å². The highest BCUT2D eigenvalue weighted by Crippen LogP contribution is 2.30. The minimum absolute atomic E-state index is 0.103. The molecule has 2 heteroatoms. The van der Waals surface area contributed by atoms with Crippen LogP contribution in [-0.4, -0.2) is 7.05 Å². The smallest absolute Gasteiger partial charge is 0.123 e. The SMILES string of the molecule is CCc1ccccc1C(NC)c1c(C)cc(F)cc1C. The Kier molecular flexibility index (Phi) is 4.56. The Bertz CT molecular complexity index is 581. The molecule has 0 aliphatic carbocycles. The molecule has 0 spiro atoms. The fraction of sp³-hybridized carbons (Fsp3) is 0.333. The van der Waals surface area contributed by atoms with Crippen LogP contribution >= 0.6 is 0 Å². The van der Waals surface area contributed by atoms with Gasteiger partial charge in [0.15, 0.2) is 0 Å². The molecule has 0 aliphatic rings. The molecule has 0 fully saturated rings. The second-order valence-electron chi connectivity index (χ2n) is 5.23. The van der Waals surface area contributed by atoms with Gasteiger partial charge >= 0.3 is 0 Å². The van der Waals surface area contributed by atoms with E-state index in [1.807, 2.05) is 20.9 Å². The van der Waals surface area contributed by atoms with Crippen molar-refractivity contribution in [1.82, 2.24) is 5.32 Å². The van der Waals surface area contributed by atoms with Gasteiger partial charge < -0.3 is 5.32 Å². The van der Waals surface area contributed by atoms with E-state index in [9.17, 15) is 4.39 Å². The zero-order valence-corrected chi connectivity index (χ0v) is 12.6. The van der Waals surface area contributed by atoms with Crippen molar-refractivity contribution in [2.45, 2.75) is 33.2 Å². The molecular formula is C18H22FN. The third-order valence-electron chi connectivity index (χ3n) is 3.88. The maximum Gasteiger partial charge on any atom is 0.123 e. The molecule has 0 heterocycles. The van der Waals surface area contributed by atoms with Gasteiger partial charge in [0.05, 0.1) is 6.04 Å². The molecule has 0 amide bonds. The summed E-state index contributed by atoms with van der Waals surface area (Å²) in [6, 6.07) is 11.8. The molecule has 0 bridgehead atoms. The van der Waals surface area contributed by atoms with Crippen LogP contribution < -0.4 is 5.32 Å². The molecule has 0 saturated heterocycles. The lowest BCUT2D eigenvalue weighted by Gasteiger charge is -2.24. The molecule has 2 aromatic rings. The molecule has 0 aliphatic heterocycles. The van der Waals surface area contributed by atoms with Crippen molar-refractivity contribution in [3.63, 3.8) is 0 Å². The van der Waals surface area contributed by atoms with Crippen molar-refractivity contribution in [2.75, 3.05) is 7.05 Å². The third-order valence-corrected chi connectivity index (χ3v) is 3.88. The van der Waals surface area contributed by atoms with Gasteiger partial charge in [-0.1, -0.05) is 31.2 Å². The van der Waals surface area contributed by atoms with Crippen LogP contribution in [0, 0.1) is 19.7 Å². The monoisotopic (exact) mass is 271 g/mol. The Morgan fingerprint density at radius 2 is 1.70 bits per heavy atom. The minimum atomic E-state index is -0.164. The van der Waals surface area contributed by atoms with E-state index in [1.54, 1.807) is 12.1 Å². The van der Waals surface area contributed by atoms with Crippen LogP contribution in [0.3, 0.4) is 0 Å². The summed E-state index contributed by atoms with van der Waals surface area (Å²) in [6.45, 7) is 6.12. The van der Waals surface area contributed by atoms with Gasteiger partial charge in [-0.15, -0.1) is 0 Å². The second-order valence-corrected chi connectivity index (χ2v) is 5.23. The Labute approximate surface area is 120 Å². The standard InChI is InChI=1S/C18H22FN/c1-5-14-8-6-7-9-16(14)18(20-4)17-12(2)10-15(19)11-13(17)3/h6-11,18,20H,5H2,1-4H3. The van der Waals surface area contributed by atoms with Gasteiger partial charge in [-0.25, -0.2) is 4.39 Å². The van der Waals surface area contributed by atoms with Gasteiger partial charge in [0.25, 0.3) is 0 Å². The summed E-state index contributed by atoms with van der Waals surface area (Å²) >= 11 is 0. The Hall–Kier alpha value is -1.67. The number of rotatable bonds is 4. The van der Waals surface area contributed by atoms with Crippen LogP contribution in [0.5, 0.6) is 0 Å². The van der Waals surface area contributed by atoms with E-state index in [-0.39, 0.29) is 11.9 Å². The molecule has 1 unspecified atom stereocenters. The highest BCUT2D eigenvalue weighted by atomic mass is 19.1. The summed E-state index contributed by atoms with van der Waals surface area (Å²) in [5.41, 5.74) is 5.76. The fourth-order valence-corrected chi connectivity index (χ4v) is 2.97. The minimum Gasteiger partial charge on any atom is -0.309 e. The quantitative estimate of drug-likeness (QED) is 0.873. The highest BCUT2D eigenvalue weighted by molar-refractivity contribution is 5.44. The first-order chi connectivity index (χ1) is 9.58. The molecule has 106 valence electrons. The first-order valence-electron chi connectivity index (χ1n) is 7.10. The number of halogens is 1. The molecule has 0 aromatic heterocycles. The zero-order chi connectivity index (χ0) is 14.7. The van der Waals surface area contributed by atoms with Gasteiger partial charge in [0, 0.05) is 0 Å². The van der Waals surface area contributed by atoms with E-state index in [2.05, 4.69) is 36.5 Å². The summed E-state index contributed by atoms with van der Waals surface area (Å²) in [5.74, 6) is -0.164. The molecule has 0 saturated carbocycles. The van der Waals surface area contributed by atoms with Crippen molar-refractivity contribution < 1.29 is 4.39 Å². The van der Waals surface area contributed by atoms with E-state index >= 15 is 0 Å². The zero-order valence-electron chi connectivity index (χ0n) is 12.6. The predicted octanol–water partition coefficient (Wildman–Crippen LogP) is 4.31. The molecule has 1 atom stereocenters. The molecule has 1 N–H and O–H groups in total. The maximum atomic E-state index is 13.5. The number of hydrogen-bond donors (Lipinski definition) is 1. The molecule has 1 nitrogen and oxygen atoms in total. The van der Waals surface area contributed by atoms with E-state index < -0.39 is 0 Å². The normalized spacial score (nSPS) is 12.4. The average molecular weight is 271 g/mol. The first kappa shape index (κ1) is 14.7.